The second-order valence-corrected chi connectivity index (χ2v) is 8.14. The molecule has 1 aliphatic heterocycles. The minimum absolute atomic E-state index is 0.201. The normalized spacial score (nSPS) is 14.4. The highest BCUT2D eigenvalue weighted by molar-refractivity contribution is 5.77. The van der Waals surface area contributed by atoms with Gasteiger partial charge in [0, 0.05) is 24.7 Å². The number of piperidine rings is 1. The molecule has 2 aromatic carbocycles. The molecule has 0 radical (unpaired) electrons. The molecule has 0 bridgehead atoms. The zero-order valence-electron chi connectivity index (χ0n) is 18.1. The van der Waals surface area contributed by atoms with Crippen molar-refractivity contribution in [2.75, 3.05) is 18.4 Å². The summed E-state index contributed by atoms with van der Waals surface area (Å²) < 4.78 is 5.86. The first kappa shape index (κ1) is 20.8. The molecule has 8 heteroatoms. The van der Waals surface area contributed by atoms with E-state index in [4.69, 9.17) is 9.84 Å². The number of carbonyl (C=O) groups is 1. The van der Waals surface area contributed by atoms with Crippen LogP contribution in [-0.4, -0.2) is 50.2 Å². The van der Waals surface area contributed by atoms with Crippen molar-refractivity contribution in [3.8, 4) is 17.1 Å². The Hall–Kier alpha value is -4.07. The predicted molar refractivity (Wildman–Crippen MR) is 126 cm³/mol. The summed E-state index contributed by atoms with van der Waals surface area (Å²) in [7, 11) is 0. The topological polar surface area (TPSA) is 103 Å². The molecule has 4 aromatic rings. The number of fused-ring (bicyclic) bond motifs is 1. The van der Waals surface area contributed by atoms with Gasteiger partial charge in [-0.05, 0) is 54.8 Å². The van der Waals surface area contributed by atoms with E-state index >= 15 is 0 Å². The van der Waals surface area contributed by atoms with Crippen LogP contribution in [0.4, 0.5) is 10.6 Å². The molecule has 1 saturated heterocycles. The maximum absolute atomic E-state index is 11.1. The number of aromatic amines is 1. The van der Waals surface area contributed by atoms with Gasteiger partial charge in [-0.1, -0.05) is 30.3 Å². The summed E-state index contributed by atoms with van der Waals surface area (Å²) in [6.45, 7) is 1.60. The number of aromatic nitrogens is 3. The second kappa shape index (κ2) is 9.20. The lowest BCUT2D eigenvalue weighted by molar-refractivity contribution is 0.134. The Morgan fingerprint density at radius 1 is 1.03 bits per heavy atom. The van der Waals surface area contributed by atoms with E-state index in [1.807, 2.05) is 66.7 Å². The molecule has 3 heterocycles. The molecule has 0 saturated carbocycles. The molecule has 0 atom stereocenters. The van der Waals surface area contributed by atoms with E-state index in [0.29, 0.717) is 25.3 Å². The number of nitrogens with zero attached hydrogens (tertiary/aromatic N) is 3. The molecule has 33 heavy (non-hydrogen) atoms. The Kier molecular flexibility index (Phi) is 5.80. The third-order valence-corrected chi connectivity index (χ3v) is 5.84. The third kappa shape index (κ3) is 4.90. The monoisotopic (exact) mass is 443 g/mol. The van der Waals surface area contributed by atoms with Crippen LogP contribution < -0.4 is 10.1 Å². The van der Waals surface area contributed by atoms with Crippen molar-refractivity contribution in [1.29, 1.82) is 0 Å². The Morgan fingerprint density at radius 2 is 1.79 bits per heavy atom. The number of likely N-dealkylation sites (tertiary alicyclic amines) is 1. The number of anilines is 1. The molecule has 0 spiro atoms. The number of pyridine rings is 1. The number of benzene rings is 2. The number of rotatable bonds is 6. The van der Waals surface area contributed by atoms with Crippen molar-refractivity contribution in [2.24, 2.45) is 0 Å². The van der Waals surface area contributed by atoms with Crippen LogP contribution in [0.2, 0.25) is 0 Å². The van der Waals surface area contributed by atoms with Crippen molar-refractivity contribution < 1.29 is 14.6 Å². The number of nitrogens with one attached hydrogen (secondary N) is 2. The number of H-pyrrole nitrogens is 1. The van der Waals surface area contributed by atoms with Crippen LogP contribution >= 0.6 is 0 Å². The van der Waals surface area contributed by atoms with Gasteiger partial charge in [0.1, 0.15) is 24.0 Å². The molecule has 168 valence electrons. The van der Waals surface area contributed by atoms with Crippen molar-refractivity contribution in [3.63, 3.8) is 0 Å². The molecule has 1 aliphatic rings. The standard InChI is InChI=1S/C25H25N5O3/c31-25(32)30-14-12-19(13-15-30)26-22-11-10-21-24(28-22)29-23(27-21)18-6-8-20(9-7-18)33-16-17-4-2-1-3-5-17/h1-11,19H,12-16H2,(H,31,32)(H2,26,27,28,29). The van der Waals surface area contributed by atoms with Gasteiger partial charge in [-0.15, -0.1) is 0 Å². The highest BCUT2D eigenvalue weighted by atomic mass is 16.5. The molecular weight excluding hydrogens is 418 g/mol. The Labute approximate surface area is 191 Å². The fraction of sp³-hybridized carbons (Fsp3) is 0.240. The van der Waals surface area contributed by atoms with Crippen molar-refractivity contribution in [2.45, 2.75) is 25.5 Å². The fourth-order valence-electron chi connectivity index (χ4n) is 3.98. The molecule has 0 unspecified atom stereocenters. The average molecular weight is 444 g/mol. The van der Waals surface area contributed by atoms with Crippen molar-refractivity contribution in [1.82, 2.24) is 19.9 Å². The van der Waals surface area contributed by atoms with E-state index in [0.717, 1.165) is 46.9 Å². The van der Waals surface area contributed by atoms with E-state index in [1.165, 1.54) is 4.90 Å². The lowest BCUT2D eigenvalue weighted by atomic mass is 10.1. The van der Waals surface area contributed by atoms with E-state index in [1.54, 1.807) is 0 Å². The van der Waals surface area contributed by atoms with Crippen LogP contribution in [-0.2, 0) is 6.61 Å². The van der Waals surface area contributed by atoms with Crippen LogP contribution in [0.25, 0.3) is 22.6 Å². The maximum atomic E-state index is 11.1. The predicted octanol–water partition coefficient (Wildman–Crippen LogP) is 4.76. The summed E-state index contributed by atoms with van der Waals surface area (Å²) in [6, 6.07) is 22.0. The maximum Gasteiger partial charge on any atom is 0.407 e. The molecule has 5 rings (SSSR count). The van der Waals surface area contributed by atoms with Crippen molar-refractivity contribution in [3.05, 3.63) is 72.3 Å². The zero-order chi connectivity index (χ0) is 22.6. The first-order valence-corrected chi connectivity index (χ1v) is 11.0. The number of imidazole rings is 1. The molecule has 1 fully saturated rings. The lowest BCUT2D eigenvalue weighted by Gasteiger charge is -2.30. The van der Waals surface area contributed by atoms with E-state index in [-0.39, 0.29) is 6.04 Å². The SMILES string of the molecule is O=C(O)N1CCC(Nc2ccc3[nH]c(-c4ccc(OCc5ccccc5)cc4)nc3n2)CC1. The number of amides is 1. The van der Waals surface area contributed by atoms with Gasteiger partial charge < -0.3 is 25.0 Å². The van der Waals surface area contributed by atoms with Crippen LogP contribution in [0.15, 0.2) is 66.7 Å². The van der Waals surface area contributed by atoms with Gasteiger partial charge in [0.15, 0.2) is 5.65 Å². The van der Waals surface area contributed by atoms with E-state index in [2.05, 4.69) is 20.3 Å². The van der Waals surface area contributed by atoms with Crippen LogP contribution in [0.5, 0.6) is 5.75 Å². The lowest BCUT2D eigenvalue weighted by Crippen LogP contribution is -2.41. The Morgan fingerprint density at radius 3 is 2.52 bits per heavy atom. The van der Waals surface area contributed by atoms with Crippen LogP contribution in [0, 0.1) is 0 Å². The van der Waals surface area contributed by atoms with Crippen LogP contribution in [0.1, 0.15) is 18.4 Å². The summed E-state index contributed by atoms with van der Waals surface area (Å²) in [5.41, 5.74) is 3.58. The van der Waals surface area contributed by atoms with Gasteiger partial charge in [-0.2, -0.15) is 0 Å². The number of hydrogen-bond donors (Lipinski definition) is 3. The first-order chi connectivity index (χ1) is 16.1. The first-order valence-electron chi connectivity index (χ1n) is 11.0. The van der Waals surface area contributed by atoms with Gasteiger partial charge in [0.2, 0.25) is 0 Å². The van der Waals surface area contributed by atoms with E-state index in [9.17, 15) is 4.79 Å². The summed E-state index contributed by atoms with van der Waals surface area (Å²) in [4.78, 5) is 25.1. The number of hydrogen-bond acceptors (Lipinski definition) is 5. The van der Waals surface area contributed by atoms with Gasteiger partial charge in [-0.25, -0.2) is 14.8 Å². The highest BCUT2D eigenvalue weighted by Gasteiger charge is 2.22. The molecule has 2 aromatic heterocycles. The summed E-state index contributed by atoms with van der Waals surface area (Å²) in [5, 5.41) is 12.5. The Balaban J connectivity index is 1.23. The summed E-state index contributed by atoms with van der Waals surface area (Å²) in [5.74, 6) is 2.30. The number of ether oxygens (including phenoxy) is 1. The molecule has 1 amide bonds. The molecule has 3 N–H and O–H groups in total. The molecular formula is C25H25N5O3. The fourth-order valence-corrected chi connectivity index (χ4v) is 3.98. The highest BCUT2D eigenvalue weighted by Crippen LogP contribution is 2.24. The minimum Gasteiger partial charge on any atom is -0.489 e. The van der Waals surface area contributed by atoms with Gasteiger partial charge in [0.25, 0.3) is 0 Å². The zero-order valence-corrected chi connectivity index (χ0v) is 18.1. The molecule has 0 aliphatic carbocycles. The second-order valence-electron chi connectivity index (χ2n) is 8.14. The van der Waals surface area contributed by atoms with Crippen molar-refractivity contribution >= 4 is 23.1 Å². The quantitative estimate of drug-likeness (QED) is 0.397. The third-order valence-electron chi connectivity index (χ3n) is 5.84. The average Bonchev–Trinajstić information content (AvgIpc) is 3.27. The van der Waals surface area contributed by atoms with Gasteiger partial charge in [0.05, 0.1) is 5.52 Å². The van der Waals surface area contributed by atoms with Crippen LogP contribution in [0.3, 0.4) is 0 Å². The van der Waals surface area contributed by atoms with Gasteiger partial charge in [-0.3, -0.25) is 0 Å². The number of carboxylic acid groups (broad SMARTS) is 1. The molecule has 8 nitrogen and oxygen atoms in total. The van der Waals surface area contributed by atoms with Gasteiger partial charge >= 0.3 is 6.09 Å². The Bertz CT molecular complexity index is 1230. The summed E-state index contributed by atoms with van der Waals surface area (Å²) >= 11 is 0. The largest absolute Gasteiger partial charge is 0.489 e. The summed E-state index contributed by atoms with van der Waals surface area (Å²) in [6.07, 6.45) is 0.667. The smallest absolute Gasteiger partial charge is 0.407 e. The van der Waals surface area contributed by atoms with E-state index < -0.39 is 6.09 Å². The minimum atomic E-state index is -0.854.